The smallest absolute Gasteiger partial charge is 0.111 e. The molecule has 0 unspecified atom stereocenters. The lowest BCUT2D eigenvalue weighted by atomic mass is 9.85. The zero-order chi connectivity index (χ0) is 32.4. The van der Waals surface area contributed by atoms with Crippen molar-refractivity contribution in [2.45, 2.75) is 6.92 Å². The number of fused-ring (bicyclic) bond motifs is 3. The fraction of sp³-hybridized carbons (Fsp3) is 0.0250. The Morgan fingerprint density at radius 2 is 0.976 bits per heavy atom. The van der Waals surface area contributed by atoms with Crippen LogP contribution in [0.3, 0.4) is 0 Å². The number of aryl methyl sites for hydroxylation is 1. The average molecular weight is 542 g/mol. The highest BCUT2D eigenvalue weighted by Gasteiger charge is 2.17. The second kappa shape index (κ2) is 9.87. The van der Waals surface area contributed by atoms with Crippen molar-refractivity contribution in [3.63, 3.8) is 0 Å². The van der Waals surface area contributed by atoms with Gasteiger partial charge in [-0.25, -0.2) is 4.98 Å². The number of aromatic nitrogens is 2. The van der Waals surface area contributed by atoms with Crippen LogP contribution >= 0.6 is 0 Å². The molecular weight excluding hydrogens is 508 g/mol. The largest absolute Gasteiger partial charge is 0.297 e. The van der Waals surface area contributed by atoms with Crippen molar-refractivity contribution in [3.8, 4) is 39.1 Å². The fourth-order valence-corrected chi connectivity index (χ4v) is 6.20. The zero-order valence-corrected chi connectivity index (χ0v) is 22.9. The molecule has 8 rings (SSSR count). The highest BCUT2D eigenvalue weighted by atomic mass is 15.1. The highest BCUT2D eigenvalue weighted by Crippen LogP contribution is 2.44. The molecule has 0 spiro atoms. The third kappa shape index (κ3) is 3.92. The fourth-order valence-electron chi connectivity index (χ4n) is 6.20. The first-order valence-corrected chi connectivity index (χ1v) is 14.0. The molecule has 0 aliphatic rings. The van der Waals surface area contributed by atoms with E-state index in [4.69, 9.17) is 11.8 Å². The lowest BCUT2D eigenvalue weighted by Crippen LogP contribution is -1.97. The van der Waals surface area contributed by atoms with Gasteiger partial charge < -0.3 is 0 Å². The maximum atomic E-state index is 8.43. The van der Waals surface area contributed by atoms with Gasteiger partial charge >= 0.3 is 0 Å². The van der Waals surface area contributed by atoms with Gasteiger partial charge in [0, 0.05) is 5.69 Å². The minimum Gasteiger partial charge on any atom is -0.297 e. The van der Waals surface area contributed by atoms with E-state index in [1.165, 1.54) is 0 Å². The number of hydrogen-bond donors (Lipinski definition) is 0. The normalized spacial score (nSPS) is 13.1. The second-order valence-electron chi connectivity index (χ2n) is 10.4. The standard InChI is InChI=1S/C40H28N2/c1-27-41-37-17-9-10-18-38(37)42(27)32-25-23-31(24-26-32)40-35-15-7-5-13-33(35)39(34-14-6-8-16-36(34)40)30-21-19-29(20-22-30)28-11-3-2-4-12-28/h2-26H,1H3/i2D,3D,4D,11D,12D. The average Bonchev–Trinajstić information content (AvgIpc) is 3.45. The monoisotopic (exact) mass is 541 g/mol. The number of benzene rings is 7. The molecule has 42 heavy (non-hydrogen) atoms. The van der Waals surface area contributed by atoms with Crippen molar-refractivity contribution < 1.29 is 6.85 Å². The molecule has 0 bridgehead atoms. The minimum atomic E-state index is -0.390. The number of para-hydroxylation sites is 2. The molecule has 8 aromatic rings. The zero-order valence-electron chi connectivity index (χ0n) is 27.9. The van der Waals surface area contributed by atoms with E-state index in [1.807, 2.05) is 49.4 Å². The summed E-state index contributed by atoms with van der Waals surface area (Å²) >= 11 is 0. The first-order chi connectivity index (χ1) is 22.8. The van der Waals surface area contributed by atoms with Crippen molar-refractivity contribution in [2.75, 3.05) is 0 Å². The topological polar surface area (TPSA) is 17.8 Å². The van der Waals surface area contributed by atoms with E-state index in [1.54, 1.807) is 0 Å². The Morgan fingerprint density at radius 3 is 1.55 bits per heavy atom. The van der Waals surface area contributed by atoms with E-state index in [0.717, 1.165) is 66.3 Å². The molecule has 0 aliphatic heterocycles. The van der Waals surface area contributed by atoms with Crippen LogP contribution in [0.5, 0.6) is 0 Å². The van der Waals surface area contributed by atoms with Crippen LogP contribution in [-0.4, -0.2) is 9.55 Å². The van der Waals surface area contributed by atoms with Gasteiger partial charge in [-0.05, 0) is 86.1 Å². The lowest BCUT2D eigenvalue weighted by Gasteiger charge is -2.18. The molecule has 0 atom stereocenters. The van der Waals surface area contributed by atoms with Gasteiger partial charge in [-0.15, -0.1) is 0 Å². The summed E-state index contributed by atoms with van der Waals surface area (Å²) in [5.41, 5.74) is 8.25. The molecule has 1 heterocycles. The van der Waals surface area contributed by atoms with Crippen LogP contribution in [0.25, 0.3) is 71.6 Å². The second-order valence-corrected chi connectivity index (χ2v) is 10.4. The number of rotatable bonds is 4. The van der Waals surface area contributed by atoms with Crippen LogP contribution < -0.4 is 0 Å². The van der Waals surface area contributed by atoms with Crippen LogP contribution in [0.4, 0.5) is 0 Å². The van der Waals surface area contributed by atoms with Crippen LogP contribution in [0.15, 0.2) is 152 Å². The first kappa shape index (κ1) is 19.6. The first-order valence-electron chi connectivity index (χ1n) is 16.5. The van der Waals surface area contributed by atoms with Crippen molar-refractivity contribution in [3.05, 3.63) is 157 Å². The van der Waals surface area contributed by atoms with Gasteiger partial charge in [-0.1, -0.05) is 127 Å². The number of imidazole rings is 1. The Morgan fingerprint density at radius 1 is 0.500 bits per heavy atom. The van der Waals surface area contributed by atoms with E-state index >= 15 is 0 Å². The molecular formula is C40H28N2. The molecule has 7 aromatic carbocycles. The highest BCUT2D eigenvalue weighted by molar-refractivity contribution is 6.21. The van der Waals surface area contributed by atoms with E-state index in [-0.39, 0.29) is 29.7 Å². The van der Waals surface area contributed by atoms with Gasteiger partial charge in [0.1, 0.15) is 5.82 Å². The predicted octanol–water partition coefficient (Wildman–Crippen LogP) is 10.6. The molecule has 1 aromatic heterocycles. The molecule has 0 radical (unpaired) electrons. The Balaban J connectivity index is 1.29. The summed E-state index contributed by atoms with van der Waals surface area (Å²) in [5, 5.41) is 4.48. The summed E-state index contributed by atoms with van der Waals surface area (Å²) in [6.07, 6.45) is 0. The Hall–Kier alpha value is -5.47. The molecule has 0 N–H and O–H groups in total. The van der Waals surface area contributed by atoms with Gasteiger partial charge in [0.15, 0.2) is 0 Å². The van der Waals surface area contributed by atoms with E-state index < -0.39 is 6.04 Å². The predicted molar refractivity (Wildman–Crippen MR) is 177 cm³/mol. The SMILES string of the molecule is [2H]c1c([2H])c([2H])c(-c2ccc(-c3c4ccccc4c(-c4ccc(-n5c(C)nc6ccccc65)cc4)c4ccccc34)cc2)c([2H])c1[2H]. The maximum absolute atomic E-state index is 8.43. The van der Waals surface area contributed by atoms with Crippen LogP contribution in [-0.2, 0) is 0 Å². The van der Waals surface area contributed by atoms with Crippen LogP contribution in [0.1, 0.15) is 12.7 Å². The lowest BCUT2D eigenvalue weighted by molar-refractivity contribution is 1.00. The summed E-state index contributed by atoms with van der Waals surface area (Å²) in [4.78, 5) is 4.75. The molecule has 0 saturated heterocycles. The quantitative estimate of drug-likeness (QED) is 0.203. The van der Waals surface area contributed by atoms with Gasteiger partial charge in [0.25, 0.3) is 0 Å². The summed E-state index contributed by atoms with van der Waals surface area (Å²) in [6, 6.07) is 40.0. The third-order valence-corrected chi connectivity index (χ3v) is 8.04. The van der Waals surface area contributed by atoms with Gasteiger partial charge in [0.05, 0.1) is 17.9 Å². The number of nitrogens with zero attached hydrogens (tertiary/aromatic N) is 2. The van der Waals surface area contributed by atoms with Crippen LogP contribution in [0, 0.1) is 6.92 Å². The Bertz CT molecular complexity index is 2430. The van der Waals surface area contributed by atoms with Crippen molar-refractivity contribution in [2.24, 2.45) is 0 Å². The summed E-state index contributed by atoms with van der Waals surface area (Å²) in [5.74, 6) is 0.941. The van der Waals surface area contributed by atoms with Gasteiger partial charge in [-0.2, -0.15) is 0 Å². The van der Waals surface area contributed by atoms with Crippen molar-refractivity contribution in [1.29, 1.82) is 0 Å². The van der Waals surface area contributed by atoms with Gasteiger partial charge in [0.2, 0.25) is 0 Å². The van der Waals surface area contributed by atoms with Gasteiger partial charge in [-0.3, -0.25) is 4.57 Å². The van der Waals surface area contributed by atoms with E-state index in [2.05, 4.69) is 83.4 Å². The molecule has 2 nitrogen and oxygen atoms in total. The maximum Gasteiger partial charge on any atom is 0.111 e. The third-order valence-electron chi connectivity index (χ3n) is 8.04. The van der Waals surface area contributed by atoms with E-state index in [0.29, 0.717) is 5.56 Å². The Labute approximate surface area is 252 Å². The molecule has 198 valence electrons. The van der Waals surface area contributed by atoms with Crippen molar-refractivity contribution >= 4 is 32.6 Å². The summed E-state index contributed by atoms with van der Waals surface area (Å²) in [6.45, 7) is 2.03. The molecule has 0 fully saturated rings. The summed E-state index contributed by atoms with van der Waals surface area (Å²) < 4.78 is 43.2. The Kier molecular flexibility index (Phi) is 4.60. The number of hydrogen-bond acceptors (Lipinski definition) is 1. The van der Waals surface area contributed by atoms with E-state index in [9.17, 15) is 0 Å². The summed E-state index contributed by atoms with van der Waals surface area (Å²) in [7, 11) is 0. The molecule has 0 aliphatic carbocycles. The molecule has 0 saturated carbocycles. The molecule has 0 amide bonds. The van der Waals surface area contributed by atoms with Crippen LogP contribution in [0.2, 0.25) is 0 Å². The van der Waals surface area contributed by atoms with Crippen molar-refractivity contribution in [1.82, 2.24) is 9.55 Å². The minimum absolute atomic E-state index is 0.202. The molecule has 2 heteroatoms.